The minimum atomic E-state index is -0.628. The number of rotatable bonds is 3. The number of primary amides is 1. The van der Waals surface area contributed by atoms with Crippen LogP contribution in [-0.2, 0) is 0 Å². The zero-order valence-electron chi connectivity index (χ0n) is 13.5. The quantitative estimate of drug-likeness (QED) is 0.822. The van der Waals surface area contributed by atoms with E-state index in [4.69, 9.17) is 5.73 Å². The number of hydrogen-bond donors (Lipinski definition) is 2. The number of carbonyl (C=O) groups is 2. The summed E-state index contributed by atoms with van der Waals surface area (Å²) in [5, 5.41) is 2.48. The van der Waals surface area contributed by atoms with Crippen molar-refractivity contribution in [1.29, 1.82) is 0 Å². The van der Waals surface area contributed by atoms with Crippen LogP contribution in [0.15, 0.2) is 47.1 Å². The van der Waals surface area contributed by atoms with Gasteiger partial charge in [0, 0.05) is 48.1 Å². The molecule has 3 amide bonds. The largest absolute Gasteiger partial charge is 0.353 e. The second-order valence-corrected chi connectivity index (χ2v) is 6.60. The summed E-state index contributed by atoms with van der Waals surface area (Å²) in [6.07, 6.45) is 1.77. The SMILES string of the molecule is NC(=O)Nc1ccc(C(=O)N2CCN(c3ccc(Br)cn3)CC2)cc1. The first kappa shape index (κ1) is 17.2. The molecule has 1 aliphatic rings. The Hall–Kier alpha value is -2.61. The number of nitrogens with one attached hydrogen (secondary N) is 1. The maximum absolute atomic E-state index is 12.6. The summed E-state index contributed by atoms with van der Waals surface area (Å²) in [7, 11) is 0. The fraction of sp³-hybridized carbons (Fsp3) is 0.235. The average Bonchev–Trinajstić information content (AvgIpc) is 2.62. The molecule has 7 nitrogen and oxygen atoms in total. The van der Waals surface area contributed by atoms with Crippen molar-refractivity contribution in [1.82, 2.24) is 9.88 Å². The Morgan fingerprint density at radius 3 is 2.28 bits per heavy atom. The number of amides is 3. The molecule has 3 rings (SSSR count). The van der Waals surface area contributed by atoms with E-state index >= 15 is 0 Å². The molecule has 25 heavy (non-hydrogen) atoms. The standard InChI is InChI=1S/C17H18BrN5O2/c18-13-3-6-15(20-11-13)22-7-9-23(10-8-22)16(24)12-1-4-14(5-2-12)21-17(19)25/h1-6,11H,7-10H2,(H3,19,21,25). The summed E-state index contributed by atoms with van der Waals surface area (Å²) >= 11 is 3.38. The molecule has 0 spiro atoms. The van der Waals surface area contributed by atoms with Crippen LogP contribution in [0.3, 0.4) is 0 Å². The number of benzene rings is 1. The fourth-order valence-corrected chi connectivity index (χ4v) is 2.95. The molecule has 1 fully saturated rings. The van der Waals surface area contributed by atoms with E-state index in [0.717, 1.165) is 23.4 Å². The molecule has 8 heteroatoms. The number of urea groups is 1. The predicted molar refractivity (Wildman–Crippen MR) is 99.7 cm³/mol. The number of hydrogen-bond acceptors (Lipinski definition) is 4. The molecule has 0 radical (unpaired) electrons. The minimum Gasteiger partial charge on any atom is -0.353 e. The van der Waals surface area contributed by atoms with Crippen molar-refractivity contribution < 1.29 is 9.59 Å². The zero-order valence-corrected chi connectivity index (χ0v) is 15.1. The van der Waals surface area contributed by atoms with Gasteiger partial charge in [0.05, 0.1) is 0 Å². The van der Waals surface area contributed by atoms with Crippen molar-refractivity contribution in [3.8, 4) is 0 Å². The molecule has 0 bridgehead atoms. The Balaban J connectivity index is 1.59. The third kappa shape index (κ3) is 4.27. The van der Waals surface area contributed by atoms with Crippen LogP contribution in [0.4, 0.5) is 16.3 Å². The smallest absolute Gasteiger partial charge is 0.316 e. The van der Waals surface area contributed by atoms with Gasteiger partial charge in [0.1, 0.15) is 5.82 Å². The summed E-state index contributed by atoms with van der Waals surface area (Å²) in [5.41, 5.74) is 6.22. The predicted octanol–water partition coefficient (Wildman–Crippen LogP) is 2.30. The van der Waals surface area contributed by atoms with Crippen molar-refractivity contribution in [3.63, 3.8) is 0 Å². The third-order valence-electron chi connectivity index (χ3n) is 4.00. The van der Waals surface area contributed by atoms with E-state index in [1.165, 1.54) is 0 Å². The van der Waals surface area contributed by atoms with Gasteiger partial charge >= 0.3 is 6.03 Å². The minimum absolute atomic E-state index is 0.0194. The molecule has 1 aliphatic heterocycles. The molecule has 2 aromatic rings. The summed E-state index contributed by atoms with van der Waals surface area (Å²) in [4.78, 5) is 31.8. The summed E-state index contributed by atoms with van der Waals surface area (Å²) in [6.45, 7) is 2.75. The fourth-order valence-electron chi connectivity index (χ4n) is 2.71. The third-order valence-corrected chi connectivity index (χ3v) is 4.47. The lowest BCUT2D eigenvalue weighted by atomic mass is 10.1. The van der Waals surface area contributed by atoms with E-state index in [1.807, 2.05) is 17.0 Å². The zero-order chi connectivity index (χ0) is 17.8. The van der Waals surface area contributed by atoms with Gasteiger partial charge in [-0.15, -0.1) is 0 Å². The highest BCUT2D eigenvalue weighted by atomic mass is 79.9. The molecule has 1 saturated heterocycles. The van der Waals surface area contributed by atoms with Gasteiger partial charge in [-0.1, -0.05) is 0 Å². The molecule has 0 saturated carbocycles. The van der Waals surface area contributed by atoms with E-state index in [-0.39, 0.29) is 5.91 Å². The molecular weight excluding hydrogens is 386 g/mol. The van der Waals surface area contributed by atoms with Crippen molar-refractivity contribution in [2.75, 3.05) is 36.4 Å². The van der Waals surface area contributed by atoms with Gasteiger partial charge in [-0.05, 0) is 52.3 Å². The molecule has 2 heterocycles. The van der Waals surface area contributed by atoms with Crippen LogP contribution < -0.4 is 16.0 Å². The first-order valence-electron chi connectivity index (χ1n) is 7.85. The van der Waals surface area contributed by atoms with Crippen molar-refractivity contribution in [2.24, 2.45) is 5.73 Å². The lowest BCUT2D eigenvalue weighted by Gasteiger charge is -2.35. The van der Waals surface area contributed by atoms with Gasteiger partial charge in [0.2, 0.25) is 0 Å². The first-order valence-corrected chi connectivity index (χ1v) is 8.64. The van der Waals surface area contributed by atoms with Crippen LogP contribution in [0, 0.1) is 0 Å². The van der Waals surface area contributed by atoms with Gasteiger partial charge in [0.25, 0.3) is 5.91 Å². The van der Waals surface area contributed by atoms with E-state index < -0.39 is 6.03 Å². The second kappa shape index (κ2) is 7.52. The number of pyridine rings is 1. The number of carbonyl (C=O) groups excluding carboxylic acids is 2. The van der Waals surface area contributed by atoms with Crippen LogP contribution in [0.5, 0.6) is 0 Å². The molecule has 1 aromatic carbocycles. The van der Waals surface area contributed by atoms with Crippen molar-refractivity contribution >= 4 is 39.4 Å². The van der Waals surface area contributed by atoms with E-state index in [2.05, 4.69) is 31.1 Å². The summed E-state index contributed by atoms with van der Waals surface area (Å²) < 4.78 is 0.944. The number of piperazine rings is 1. The number of aromatic nitrogens is 1. The summed E-state index contributed by atoms with van der Waals surface area (Å²) in [5.74, 6) is 0.895. The van der Waals surface area contributed by atoms with Gasteiger partial charge in [-0.2, -0.15) is 0 Å². The molecular formula is C17H18BrN5O2. The number of nitrogens with two attached hydrogens (primary N) is 1. The number of anilines is 2. The monoisotopic (exact) mass is 403 g/mol. The van der Waals surface area contributed by atoms with Crippen molar-refractivity contribution in [2.45, 2.75) is 0 Å². The van der Waals surface area contributed by atoms with Crippen molar-refractivity contribution in [3.05, 3.63) is 52.6 Å². The van der Waals surface area contributed by atoms with E-state index in [1.54, 1.807) is 30.5 Å². The van der Waals surface area contributed by atoms with Crippen LogP contribution >= 0.6 is 15.9 Å². The summed E-state index contributed by atoms with van der Waals surface area (Å²) in [6, 6.07) is 10.0. The number of halogens is 1. The van der Waals surface area contributed by atoms with Gasteiger partial charge in [-0.3, -0.25) is 4.79 Å². The Morgan fingerprint density at radius 1 is 1.04 bits per heavy atom. The molecule has 0 unspecified atom stereocenters. The van der Waals surface area contributed by atoms with Gasteiger partial charge in [-0.25, -0.2) is 9.78 Å². The molecule has 0 atom stereocenters. The lowest BCUT2D eigenvalue weighted by Crippen LogP contribution is -2.49. The highest BCUT2D eigenvalue weighted by Crippen LogP contribution is 2.18. The van der Waals surface area contributed by atoms with Crippen LogP contribution in [0.1, 0.15) is 10.4 Å². The highest BCUT2D eigenvalue weighted by Gasteiger charge is 2.22. The molecule has 0 aliphatic carbocycles. The first-order chi connectivity index (χ1) is 12.0. The van der Waals surface area contributed by atoms with Crippen LogP contribution in [0.25, 0.3) is 0 Å². The molecule has 130 valence electrons. The topological polar surface area (TPSA) is 91.6 Å². The molecule has 1 aromatic heterocycles. The lowest BCUT2D eigenvalue weighted by molar-refractivity contribution is 0.0746. The average molecular weight is 404 g/mol. The Kier molecular flexibility index (Phi) is 5.18. The van der Waals surface area contributed by atoms with E-state index in [0.29, 0.717) is 24.3 Å². The number of nitrogens with zero attached hydrogens (tertiary/aromatic N) is 3. The van der Waals surface area contributed by atoms with Gasteiger partial charge in [0.15, 0.2) is 0 Å². The molecule has 3 N–H and O–H groups in total. The normalized spacial score (nSPS) is 14.3. The second-order valence-electron chi connectivity index (χ2n) is 5.68. The van der Waals surface area contributed by atoms with Crippen LogP contribution in [-0.4, -0.2) is 48.0 Å². The Labute approximate surface area is 153 Å². The maximum Gasteiger partial charge on any atom is 0.316 e. The van der Waals surface area contributed by atoms with E-state index in [9.17, 15) is 9.59 Å². The van der Waals surface area contributed by atoms with Gasteiger partial charge < -0.3 is 20.9 Å². The Morgan fingerprint density at radius 2 is 1.72 bits per heavy atom. The maximum atomic E-state index is 12.6. The van der Waals surface area contributed by atoms with Crippen LogP contribution in [0.2, 0.25) is 0 Å². The highest BCUT2D eigenvalue weighted by molar-refractivity contribution is 9.10. The Bertz CT molecular complexity index is 756.